The van der Waals surface area contributed by atoms with E-state index < -0.39 is 5.97 Å². The number of nitrogens with zero attached hydrogens (tertiary/aromatic N) is 1. The molecule has 2 N–H and O–H groups in total. The van der Waals surface area contributed by atoms with E-state index in [9.17, 15) is 4.79 Å². The van der Waals surface area contributed by atoms with Gasteiger partial charge in [0, 0.05) is 10.5 Å². The van der Waals surface area contributed by atoms with Gasteiger partial charge in [0.25, 0.3) is 0 Å². The Labute approximate surface area is 118 Å². The molecular formula is C13H13BrN2O3. The van der Waals surface area contributed by atoms with Crippen LogP contribution in [0.1, 0.15) is 34.6 Å². The Bertz CT molecular complexity index is 583. The predicted octanol–water partition coefficient (Wildman–Crippen LogP) is 2.99. The zero-order chi connectivity index (χ0) is 13.8. The van der Waals surface area contributed by atoms with E-state index in [-0.39, 0.29) is 11.6 Å². The summed E-state index contributed by atoms with van der Waals surface area (Å²) in [4.78, 5) is 10.9. The average Bonchev–Trinajstić information content (AvgIpc) is 2.84. The lowest BCUT2D eigenvalue weighted by Crippen LogP contribution is -2.19. The molecule has 2 aromatic rings. The van der Waals surface area contributed by atoms with Crippen molar-refractivity contribution in [3.63, 3.8) is 0 Å². The Morgan fingerprint density at radius 2 is 2.37 bits per heavy atom. The van der Waals surface area contributed by atoms with Gasteiger partial charge in [0.1, 0.15) is 5.56 Å². The number of aromatic nitrogens is 1. The molecule has 2 rings (SSSR count). The molecule has 0 aliphatic heterocycles. The van der Waals surface area contributed by atoms with Gasteiger partial charge in [-0.25, -0.2) is 4.79 Å². The fraction of sp³-hybridized carbons (Fsp3) is 0.231. The summed E-state index contributed by atoms with van der Waals surface area (Å²) in [6.07, 6.45) is 1.21. The molecule has 1 atom stereocenters. The van der Waals surface area contributed by atoms with Gasteiger partial charge in [0.15, 0.2) is 5.76 Å². The molecule has 19 heavy (non-hydrogen) atoms. The van der Waals surface area contributed by atoms with Gasteiger partial charge < -0.3 is 14.9 Å². The van der Waals surface area contributed by atoms with Crippen molar-refractivity contribution in [3.8, 4) is 0 Å². The zero-order valence-corrected chi connectivity index (χ0v) is 11.8. The molecule has 1 heterocycles. The third-order valence-corrected chi connectivity index (χ3v) is 3.29. The lowest BCUT2D eigenvalue weighted by Gasteiger charge is -2.13. The molecular weight excluding hydrogens is 312 g/mol. The molecule has 100 valence electrons. The Morgan fingerprint density at radius 3 is 3.05 bits per heavy atom. The van der Waals surface area contributed by atoms with Gasteiger partial charge in [-0.05, 0) is 24.6 Å². The summed E-state index contributed by atoms with van der Waals surface area (Å²) >= 11 is 3.42. The lowest BCUT2D eigenvalue weighted by molar-refractivity contribution is 0.0694. The highest BCUT2D eigenvalue weighted by atomic mass is 79.9. The van der Waals surface area contributed by atoms with Crippen LogP contribution in [0.4, 0.5) is 0 Å². The van der Waals surface area contributed by atoms with Crippen LogP contribution < -0.4 is 5.32 Å². The highest BCUT2D eigenvalue weighted by molar-refractivity contribution is 9.10. The summed E-state index contributed by atoms with van der Waals surface area (Å²) in [5.74, 6) is -0.706. The van der Waals surface area contributed by atoms with E-state index in [1.165, 1.54) is 6.20 Å². The summed E-state index contributed by atoms with van der Waals surface area (Å²) in [5.41, 5.74) is 1.19. The Morgan fingerprint density at radius 1 is 1.58 bits per heavy atom. The molecule has 6 heteroatoms. The van der Waals surface area contributed by atoms with E-state index >= 15 is 0 Å². The van der Waals surface area contributed by atoms with E-state index in [1.54, 1.807) is 0 Å². The molecule has 0 aliphatic rings. The zero-order valence-electron chi connectivity index (χ0n) is 10.3. The van der Waals surface area contributed by atoms with E-state index in [2.05, 4.69) is 26.4 Å². The maximum atomic E-state index is 10.9. The molecule has 0 bridgehead atoms. The predicted molar refractivity (Wildman–Crippen MR) is 72.9 cm³/mol. The molecule has 0 saturated heterocycles. The van der Waals surface area contributed by atoms with Crippen molar-refractivity contribution in [2.45, 2.75) is 19.5 Å². The van der Waals surface area contributed by atoms with Gasteiger partial charge in [-0.3, -0.25) is 0 Å². The second-order valence-electron chi connectivity index (χ2n) is 4.13. The van der Waals surface area contributed by atoms with Crippen molar-refractivity contribution < 1.29 is 14.4 Å². The number of rotatable bonds is 5. The van der Waals surface area contributed by atoms with Crippen molar-refractivity contribution in [1.29, 1.82) is 0 Å². The number of benzene rings is 1. The van der Waals surface area contributed by atoms with Crippen LogP contribution in [0.2, 0.25) is 0 Å². The summed E-state index contributed by atoms with van der Waals surface area (Å²) in [6, 6.07) is 7.99. The van der Waals surface area contributed by atoms with Crippen molar-refractivity contribution in [3.05, 3.63) is 51.8 Å². The summed E-state index contributed by atoms with van der Waals surface area (Å²) < 4.78 is 5.94. The summed E-state index contributed by atoms with van der Waals surface area (Å²) in [7, 11) is 0. The van der Waals surface area contributed by atoms with Crippen LogP contribution >= 0.6 is 15.9 Å². The van der Waals surface area contributed by atoms with Crippen LogP contribution in [0.15, 0.2) is 39.5 Å². The number of halogens is 1. The largest absolute Gasteiger partial charge is 0.478 e. The second-order valence-corrected chi connectivity index (χ2v) is 5.04. The molecule has 0 fully saturated rings. The van der Waals surface area contributed by atoms with Gasteiger partial charge in [0.05, 0.1) is 12.7 Å². The van der Waals surface area contributed by atoms with Crippen LogP contribution in [-0.4, -0.2) is 16.2 Å². The minimum absolute atomic E-state index is 0.0734. The van der Waals surface area contributed by atoms with Crippen molar-refractivity contribution >= 4 is 21.9 Å². The number of nitrogens with one attached hydrogen (secondary N) is 1. The van der Waals surface area contributed by atoms with Gasteiger partial charge in [0.2, 0.25) is 0 Å². The van der Waals surface area contributed by atoms with E-state index in [4.69, 9.17) is 9.63 Å². The smallest absolute Gasteiger partial charge is 0.341 e. The van der Waals surface area contributed by atoms with Crippen molar-refractivity contribution in [2.75, 3.05) is 0 Å². The van der Waals surface area contributed by atoms with E-state index in [0.717, 1.165) is 10.0 Å². The first kappa shape index (κ1) is 13.8. The fourth-order valence-electron chi connectivity index (χ4n) is 1.71. The molecule has 1 unspecified atom stereocenters. The number of carboxylic acids is 1. The van der Waals surface area contributed by atoms with Crippen LogP contribution in [0, 0.1) is 0 Å². The van der Waals surface area contributed by atoms with E-state index in [1.807, 2.05) is 31.2 Å². The second kappa shape index (κ2) is 5.99. The molecule has 0 radical (unpaired) electrons. The normalized spacial score (nSPS) is 12.3. The van der Waals surface area contributed by atoms with Crippen LogP contribution in [-0.2, 0) is 6.54 Å². The van der Waals surface area contributed by atoms with Gasteiger partial charge >= 0.3 is 5.97 Å². The minimum atomic E-state index is -1.03. The van der Waals surface area contributed by atoms with Gasteiger partial charge in [-0.1, -0.05) is 33.2 Å². The van der Waals surface area contributed by atoms with Crippen LogP contribution in [0.3, 0.4) is 0 Å². The van der Waals surface area contributed by atoms with Crippen LogP contribution in [0.5, 0.6) is 0 Å². The number of carboxylic acid groups (broad SMARTS) is 1. The Kier molecular flexibility index (Phi) is 4.34. The van der Waals surface area contributed by atoms with Crippen molar-refractivity contribution in [1.82, 2.24) is 10.5 Å². The molecule has 5 nitrogen and oxygen atoms in total. The fourth-order valence-corrected chi connectivity index (χ4v) is 2.12. The third-order valence-electron chi connectivity index (χ3n) is 2.79. The number of aromatic carboxylic acids is 1. The van der Waals surface area contributed by atoms with Gasteiger partial charge in [-0.2, -0.15) is 0 Å². The first-order chi connectivity index (χ1) is 9.08. The molecule has 1 aromatic heterocycles. The topological polar surface area (TPSA) is 75.4 Å². The number of carbonyl (C=O) groups is 1. The monoisotopic (exact) mass is 324 g/mol. The summed E-state index contributed by atoms with van der Waals surface area (Å²) in [5, 5.41) is 15.6. The SMILES string of the molecule is CC(NCc1oncc1C(=O)O)c1cccc(Br)c1. The molecule has 0 amide bonds. The highest BCUT2D eigenvalue weighted by Crippen LogP contribution is 2.18. The first-order valence-corrected chi connectivity index (χ1v) is 6.53. The van der Waals surface area contributed by atoms with E-state index in [0.29, 0.717) is 12.3 Å². The highest BCUT2D eigenvalue weighted by Gasteiger charge is 2.15. The summed E-state index contributed by atoms with van der Waals surface area (Å²) in [6.45, 7) is 2.31. The maximum absolute atomic E-state index is 10.9. The third kappa shape index (κ3) is 3.42. The van der Waals surface area contributed by atoms with Crippen LogP contribution in [0.25, 0.3) is 0 Å². The molecule has 0 saturated carbocycles. The standard InChI is InChI=1S/C13H13BrN2O3/c1-8(9-3-2-4-10(14)5-9)15-7-12-11(13(17)18)6-16-19-12/h2-6,8,15H,7H2,1H3,(H,17,18). The van der Waals surface area contributed by atoms with Gasteiger partial charge in [-0.15, -0.1) is 0 Å². The Balaban J connectivity index is 2.02. The Hall–Kier alpha value is -1.66. The molecule has 1 aromatic carbocycles. The molecule has 0 aliphatic carbocycles. The average molecular weight is 325 g/mol. The van der Waals surface area contributed by atoms with Crippen molar-refractivity contribution in [2.24, 2.45) is 0 Å². The minimum Gasteiger partial charge on any atom is -0.478 e. The maximum Gasteiger partial charge on any atom is 0.341 e. The lowest BCUT2D eigenvalue weighted by atomic mass is 10.1. The molecule has 0 spiro atoms. The quantitative estimate of drug-likeness (QED) is 0.884. The number of hydrogen-bond donors (Lipinski definition) is 2. The number of hydrogen-bond acceptors (Lipinski definition) is 4. The first-order valence-electron chi connectivity index (χ1n) is 5.73.